The predicted molar refractivity (Wildman–Crippen MR) is 91.2 cm³/mol. The third-order valence-electron chi connectivity index (χ3n) is 2.50. The van der Waals surface area contributed by atoms with E-state index in [4.69, 9.17) is 17.3 Å². The number of halogens is 2. The number of carbonyl (C=O) groups is 1. The quantitative estimate of drug-likeness (QED) is 0.760. The fourth-order valence-electron chi connectivity index (χ4n) is 1.62. The third-order valence-corrected chi connectivity index (χ3v) is 3.82. The molecule has 0 aliphatic rings. The first-order valence-corrected chi connectivity index (χ1v) is 7.72. The molecular formula is C14H22Cl2N2OS. The van der Waals surface area contributed by atoms with Crippen LogP contribution >= 0.6 is 35.8 Å². The van der Waals surface area contributed by atoms with E-state index >= 15 is 0 Å². The largest absolute Gasteiger partial charge is 0.324 e. The summed E-state index contributed by atoms with van der Waals surface area (Å²) in [4.78, 5) is 13.0. The molecule has 1 rings (SSSR count). The van der Waals surface area contributed by atoms with Crippen molar-refractivity contribution in [3.63, 3.8) is 0 Å². The number of benzene rings is 1. The van der Waals surface area contributed by atoms with Crippen molar-refractivity contribution in [1.82, 2.24) is 0 Å². The van der Waals surface area contributed by atoms with Crippen LogP contribution in [0.5, 0.6) is 0 Å². The first-order valence-electron chi connectivity index (χ1n) is 6.46. The normalized spacial score (nSPS) is 11.9. The molecule has 114 valence electrons. The van der Waals surface area contributed by atoms with Crippen molar-refractivity contribution >= 4 is 47.4 Å². The van der Waals surface area contributed by atoms with E-state index in [1.165, 1.54) is 0 Å². The summed E-state index contributed by atoms with van der Waals surface area (Å²) >= 11 is 7.67. The molecule has 0 aromatic heterocycles. The summed E-state index contributed by atoms with van der Waals surface area (Å²) < 4.78 is 0. The van der Waals surface area contributed by atoms with Gasteiger partial charge in [-0.25, -0.2) is 0 Å². The van der Waals surface area contributed by atoms with Gasteiger partial charge in [-0.15, -0.1) is 24.2 Å². The van der Waals surface area contributed by atoms with E-state index in [0.717, 1.165) is 17.0 Å². The Kier molecular flexibility index (Phi) is 9.30. The average Bonchev–Trinajstić information content (AvgIpc) is 2.32. The van der Waals surface area contributed by atoms with Gasteiger partial charge in [0.05, 0.1) is 11.7 Å². The average molecular weight is 337 g/mol. The summed E-state index contributed by atoms with van der Waals surface area (Å²) in [5.74, 6) is -0.158. The lowest BCUT2D eigenvalue weighted by molar-refractivity contribution is -0.117. The fourth-order valence-corrected chi connectivity index (χ4v) is 2.69. The number of rotatable bonds is 6. The number of anilines is 1. The van der Waals surface area contributed by atoms with Crippen molar-refractivity contribution in [2.75, 3.05) is 5.32 Å². The van der Waals surface area contributed by atoms with E-state index < -0.39 is 6.04 Å². The van der Waals surface area contributed by atoms with Crippen molar-refractivity contribution in [2.45, 2.75) is 49.8 Å². The maximum absolute atomic E-state index is 12.0. The first-order chi connectivity index (χ1) is 8.93. The molecule has 20 heavy (non-hydrogen) atoms. The van der Waals surface area contributed by atoms with Crippen LogP contribution in [0.25, 0.3) is 0 Å². The highest BCUT2D eigenvalue weighted by molar-refractivity contribution is 8.00. The molecule has 0 radical (unpaired) electrons. The van der Waals surface area contributed by atoms with Crippen molar-refractivity contribution in [3.8, 4) is 0 Å². The molecule has 0 aliphatic heterocycles. The summed E-state index contributed by atoms with van der Waals surface area (Å²) in [7, 11) is 0. The van der Waals surface area contributed by atoms with Gasteiger partial charge >= 0.3 is 0 Å². The Morgan fingerprint density at radius 2 is 2.10 bits per heavy atom. The molecule has 0 saturated heterocycles. The van der Waals surface area contributed by atoms with Gasteiger partial charge in [0.25, 0.3) is 0 Å². The van der Waals surface area contributed by atoms with Gasteiger partial charge in [0.2, 0.25) is 5.91 Å². The molecule has 1 aromatic carbocycles. The maximum atomic E-state index is 12.0. The monoisotopic (exact) mass is 336 g/mol. The molecule has 0 saturated carbocycles. The van der Waals surface area contributed by atoms with Gasteiger partial charge in [0.15, 0.2) is 0 Å². The van der Waals surface area contributed by atoms with Crippen LogP contribution in [0, 0.1) is 0 Å². The molecule has 0 heterocycles. The van der Waals surface area contributed by atoms with Gasteiger partial charge in [0.1, 0.15) is 0 Å². The van der Waals surface area contributed by atoms with Crippen LogP contribution < -0.4 is 11.1 Å². The van der Waals surface area contributed by atoms with Crippen LogP contribution in [0.3, 0.4) is 0 Å². The zero-order valence-electron chi connectivity index (χ0n) is 12.0. The number of carbonyl (C=O) groups excluding carboxylic acids is 1. The molecule has 0 aliphatic carbocycles. The van der Waals surface area contributed by atoms with Crippen molar-refractivity contribution < 1.29 is 4.79 Å². The van der Waals surface area contributed by atoms with E-state index in [-0.39, 0.29) is 18.3 Å². The minimum absolute atomic E-state index is 0. The Morgan fingerprint density at radius 1 is 1.45 bits per heavy atom. The number of hydrogen-bond acceptors (Lipinski definition) is 3. The summed E-state index contributed by atoms with van der Waals surface area (Å²) in [5, 5.41) is 3.91. The molecule has 1 unspecified atom stereocenters. The van der Waals surface area contributed by atoms with Gasteiger partial charge in [-0.2, -0.15) is 0 Å². The van der Waals surface area contributed by atoms with Gasteiger partial charge in [-0.05, 0) is 24.6 Å². The van der Waals surface area contributed by atoms with Crippen LogP contribution in [-0.2, 0) is 4.79 Å². The lowest BCUT2D eigenvalue weighted by Gasteiger charge is -2.15. The Morgan fingerprint density at radius 3 is 2.65 bits per heavy atom. The molecule has 0 spiro atoms. The van der Waals surface area contributed by atoms with E-state index in [2.05, 4.69) is 19.2 Å². The molecule has 0 bridgehead atoms. The van der Waals surface area contributed by atoms with Crippen molar-refractivity contribution in [3.05, 3.63) is 23.2 Å². The predicted octanol–water partition coefficient (Wildman–Crippen LogP) is 4.33. The minimum Gasteiger partial charge on any atom is -0.324 e. The summed E-state index contributed by atoms with van der Waals surface area (Å²) in [6, 6.07) is 5.05. The lowest BCUT2D eigenvalue weighted by Crippen LogP contribution is -2.35. The molecule has 6 heteroatoms. The lowest BCUT2D eigenvalue weighted by atomic mass is 10.1. The van der Waals surface area contributed by atoms with E-state index in [1.807, 2.05) is 19.1 Å². The number of thioether (sulfide) groups is 1. The second-order valence-electron chi connectivity index (χ2n) is 4.69. The smallest absolute Gasteiger partial charge is 0.241 e. The Bertz CT molecular complexity index is 441. The summed E-state index contributed by atoms with van der Waals surface area (Å²) in [5.41, 5.74) is 6.55. The molecule has 1 atom stereocenters. The standard InChI is InChI=1S/C14H21ClN2OS.ClH/c1-4-5-11(16)14(18)17-12-8-10(15)6-7-13(12)19-9(2)3;/h6-9,11H,4-5,16H2,1-3H3,(H,17,18);1H. The summed E-state index contributed by atoms with van der Waals surface area (Å²) in [6.07, 6.45) is 1.57. The van der Waals surface area contributed by atoms with E-state index in [9.17, 15) is 4.79 Å². The Labute approximate surface area is 136 Å². The number of hydrogen-bond donors (Lipinski definition) is 2. The van der Waals surface area contributed by atoms with Crippen LogP contribution in [0.1, 0.15) is 33.6 Å². The van der Waals surface area contributed by atoms with E-state index in [1.54, 1.807) is 17.8 Å². The SMILES string of the molecule is CCCC(N)C(=O)Nc1cc(Cl)ccc1SC(C)C.Cl. The number of nitrogens with one attached hydrogen (secondary N) is 1. The number of nitrogens with two attached hydrogens (primary N) is 1. The first kappa shape index (κ1) is 19.6. The second kappa shape index (κ2) is 9.50. The van der Waals surface area contributed by atoms with Gasteiger partial charge < -0.3 is 11.1 Å². The van der Waals surface area contributed by atoms with Crippen LogP contribution in [0.15, 0.2) is 23.1 Å². The molecule has 1 aromatic rings. The highest BCUT2D eigenvalue weighted by Gasteiger charge is 2.15. The molecule has 1 amide bonds. The zero-order chi connectivity index (χ0) is 14.4. The molecule has 3 nitrogen and oxygen atoms in total. The van der Waals surface area contributed by atoms with Gasteiger partial charge in [-0.1, -0.05) is 38.8 Å². The summed E-state index contributed by atoms with van der Waals surface area (Å²) in [6.45, 7) is 6.22. The van der Waals surface area contributed by atoms with Crippen LogP contribution in [0.4, 0.5) is 5.69 Å². The second-order valence-corrected chi connectivity index (χ2v) is 6.75. The fraction of sp³-hybridized carbons (Fsp3) is 0.500. The molecular weight excluding hydrogens is 315 g/mol. The molecule has 3 N–H and O–H groups in total. The van der Waals surface area contributed by atoms with Gasteiger partial charge in [-0.3, -0.25) is 4.79 Å². The topological polar surface area (TPSA) is 55.1 Å². The van der Waals surface area contributed by atoms with E-state index in [0.29, 0.717) is 16.7 Å². The minimum atomic E-state index is -0.471. The van der Waals surface area contributed by atoms with Crippen LogP contribution in [0.2, 0.25) is 5.02 Å². The number of amides is 1. The van der Waals surface area contributed by atoms with Crippen LogP contribution in [-0.4, -0.2) is 17.2 Å². The van der Waals surface area contributed by atoms with Crippen molar-refractivity contribution in [2.24, 2.45) is 5.73 Å². The highest BCUT2D eigenvalue weighted by atomic mass is 35.5. The van der Waals surface area contributed by atoms with Crippen molar-refractivity contribution in [1.29, 1.82) is 0 Å². The zero-order valence-corrected chi connectivity index (χ0v) is 14.4. The highest BCUT2D eigenvalue weighted by Crippen LogP contribution is 2.32. The van der Waals surface area contributed by atoms with Gasteiger partial charge in [0, 0.05) is 15.2 Å². The third kappa shape index (κ3) is 6.35. The Hall–Kier alpha value is -0.420. The Balaban J connectivity index is 0.00000361. The molecule has 0 fully saturated rings. The maximum Gasteiger partial charge on any atom is 0.241 e.